The molecule has 3 aromatic rings. The molecule has 4 amide bonds. The molecule has 1 saturated heterocycles. The zero-order chi connectivity index (χ0) is 28.1. The summed E-state index contributed by atoms with van der Waals surface area (Å²) in [4.78, 5) is 54.0. The van der Waals surface area contributed by atoms with Crippen LogP contribution in [0.2, 0.25) is 0 Å². The predicted octanol–water partition coefficient (Wildman–Crippen LogP) is 3.92. The number of halogens is 2. The molecule has 2 unspecified atom stereocenters. The van der Waals surface area contributed by atoms with Crippen molar-refractivity contribution in [2.75, 3.05) is 18.4 Å². The van der Waals surface area contributed by atoms with Crippen molar-refractivity contribution in [3.05, 3.63) is 101 Å². The van der Waals surface area contributed by atoms with Crippen molar-refractivity contribution < 1.29 is 33.1 Å². The Balaban J connectivity index is 1.64. The number of carboxylic acid groups (broad SMARTS) is 1. The number of anilines is 1. The molecule has 0 aromatic heterocycles. The van der Waals surface area contributed by atoms with Gasteiger partial charge < -0.3 is 20.6 Å². The van der Waals surface area contributed by atoms with Crippen LogP contribution in [0.4, 0.5) is 19.3 Å². The SMILES string of the molecule is Cc1ccc(NC(=O)N2CCN(C(=O)c3cccc(F)c3)C2C(=O)NC(CC(=O)O)c2ccc(F)cc2)cc1. The van der Waals surface area contributed by atoms with Gasteiger partial charge in [0.1, 0.15) is 11.6 Å². The second kappa shape index (κ2) is 11.7. The molecule has 3 aromatic carbocycles. The Bertz CT molecular complexity index is 1380. The summed E-state index contributed by atoms with van der Waals surface area (Å²) in [5.74, 6) is -3.92. The molecule has 0 spiro atoms. The van der Waals surface area contributed by atoms with Gasteiger partial charge in [0.25, 0.3) is 11.8 Å². The lowest BCUT2D eigenvalue weighted by Gasteiger charge is -2.31. The number of hydrogen-bond acceptors (Lipinski definition) is 4. The number of carbonyl (C=O) groups is 4. The first-order valence-corrected chi connectivity index (χ1v) is 12.1. The van der Waals surface area contributed by atoms with Crippen LogP contribution < -0.4 is 10.6 Å². The first-order valence-electron chi connectivity index (χ1n) is 12.1. The number of urea groups is 1. The topological polar surface area (TPSA) is 119 Å². The van der Waals surface area contributed by atoms with Gasteiger partial charge in [0, 0.05) is 24.3 Å². The van der Waals surface area contributed by atoms with Crippen LogP contribution in [-0.2, 0) is 9.59 Å². The Hall–Kier alpha value is -4.80. The molecule has 1 aliphatic rings. The second-order valence-electron chi connectivity index (χ2n) is 9.08. The van der Waals surface area contributed by atoms with Crippen molar-refractivity contribution in [3.63, 3.8) is 0 Å². The third kappa shape index (κ3) is 6.56. The summed E-state index contributed by atoms with van der Waals surface area (Å²) in [6, 6.07) is 15.1. The summed E-state index contributed by atoms with van der Waals surface area (Å²) in [5.41, 5.74) is 1.75. The number of amides is 4. The summed E-state index contributed by atoms with van der Waals surface area (Å²) in [7, 11) is 0. The molecule has 0 aliphatic carbocycles. The molecule has 1 aliphatic heterocycles. The van der Waals surface area contributed by atoms with Gasteiger partial charge in [-0.25, -0.2) is 13.6 Å². The van der Waals surface area contributed by atoms with Crippen LogP contribution in [0.3, 0.4) is 0 Å². The molecule has 11 heteroatoms. The maximum Gasteiger partial charge on any atom is 0.323 e. The molecular formula is C28H26F2N4O5. The highest BCUT2D eigenvalue weighted by Gasteiger charge is 2.43. The third-order valence-electron chi connectivity index (χ3n) is 6.27. The monoisotopic (exact) mass is 536 g/mol. The maximum atomic E-state index is 13.8. The molecule has 1 fully saturated rings. The van der Waals surface area contributed by atoms with Gasteiger partial charge in [-0.3, -0.25) is 19.3 Å². The van der Waals surface area contributed by atoms with Crippen molar-refractivity contribution in [1.29, 1.82) is 0 Å². The molecule has 4 rings (SSSR count). The van der Waals surface area contributed by atoms with E-state index in [1.165, 1.54) is 30.3 Å². The second-order valence-corrected chi connectivity index (χ2v) is 9.08. The van der Waals surface area contributed by atoms with Gasteiger partial charge in [0.15, 0.2) is 6.17 Å². The van der Waals surface area contributed by atoms with Gasteiger partial charge in [-0.1, -0.05) is 35.9 Å². The minimum Gasteiger partial charge on any atom is -0.481 e. The van der Waals surface area contributed by atoms with Crippen molar-refractivity contribution in [2.45, 2.75) is 25.6 Å². The number of nitrogens with one attached hydrogen (secondary N) is 2. The summed E-state index contributed by atoms with van der Waals surface area (Å²) >= 11 is 0. The van der Waals surface area contributed by atoms with Crippen LogP contribution in [0.5, 0.6) is 0 Å². The minimum absolute atomic E-state index is 0.0169. The normalized spacial score (nSPS) is 15.5. The van der Waals surface area contributed by atoms with Crippen LogP contribution >= 0.6 is 0 Å². The highest BCUT2D eigenvalue weighted by molar-refractivity contribution is 6.00. The van der Waals surface area contributed by atoms with Gasteiger partial charge in [0.2, 0.25) is 0 Å². The van der Waals surface area contributed by atoms with E-state index in [9.17, 15) is 33.1 Å². The summed E-state index contributed by atoms with van der Waals surface area (Å²) in [6.07, 6.45) is -2.00. The molecule has 0 radical (unpaired) electrons. The Labute approximate surface area is 223 Å². The number of carbonyl (C=O) groups excluding carboxylic acids is 3. The van der Waals surface area contributed by atoms with Crippen LogP contribution in [0, 0.1) is 18.6 Å². The smallest absolute Gasteiger partial charge is 0.323 e. The van der Waals surface area contributed by atoms with Crippen molar-refractivity contribution in [3.8, 4) is 0 Å². The fourth-order valence-electron chi connectivity index (χ4n) is 4.32. The summed E-state index contributed by atoms with van der Waals surface area (Å²) in [6.45, 7) is 1.84. The molecule has 39 heavy (non-hydrogen) atoms. The number of aliphatic carboxylic acids is 1. The molecule has 1 heterocycles. The highest BCUT2D eigenvalue weighted by atomic mass is 19.1. The first kappa shape index (κ1) is 27.2. The summed E-state index contributed by atoms with van der Waals surface area (Å²) < 4.78 is 27.3. The highest BCUT2D eigenvalue weighted by Crippen LogP contribution is 2.24. The number of hydrogen-bond donors (Lipinski definition) is 3. The third-order valence-corrected chi connectivity index (χ3v) is 6.27. The van der Waals surface area contributed by atoms with E-state index in [1.807, 2.05) is 6.92 Å². The van der Waals surface area contributed by atoms with E-state index in [-0.39, 0.29) is 18.7 Å². The lowest BCUT2D eigenvalue weighted by atomic mass is 10.0. The molecule has 3 N–H and O–H groups in total. The Morgan fingerprint density at radius 1 is 0.923 bits per heavy atom. The van der Waals surface area contributed by atoms with E-state index >= 15 is 0 Å². The summed E-state index contributed by atoms with van der Waals surface area (Å²) in [5, 5.41) is 14.7. The Morgan fingerprint density at radius 2 is 1.59 bits per heavy atom. The number of rotatable bonds is 7. The Kier molecular flexibility index (Phi) is 8.18. The van der Waals surface area contributed by atoms with Gasteiger partial charge in [-0.05, 0) is 55.0 Å². The molecular weight excluding hydrogens is 510 g/mol. The fourth-order valence-corrected chi connectivity index (χ4v) is 4.32. The van der Waals surface area contributed by atoms with Crippen molar-refractivity contribution >= 4 is 29.5 Å². The molecule has 0 saturated carbocycles. The predicted molar refractivity (Wildman–Crippen MR) is 138 cm³/mol. The quantitative estimate of drug-likeness (QED) is 0.423. The van der Waals surface area contributed by atoms with Crippen LogP contribution in [0.1, 0.15) is 33.9 Å². The average Bonchev–Trinajstić information content (AvgIpc) is 3.35. The van der Waals surface area contributed by atoms with E-state index in [0.717, 1.165) is 33.6 Å². The molecule has 0 bridgehead atoms. The van der Waals surface area contributed by atoms with E-state index < -0.39 is 54.1 Å². The first-order chi connectivity index (χ1) is 18.6. The van der Waals surface area contributed by atoms with Crippen LogP contribution in [0.25, 0.3) is 0 Å². The van der Waals surface area contributed by atoms with Crippen molar-refractivity contribution in [1.82, 2.24) is 15.1 Å². The van der Waals surface area contributed by atoms with Gasteiger partial charge in [-0.15, -0.1) is 0 Å². The van der Waals surface area contributed by atoms with Gasteiger partial charge >= 0.3 is 12.0 Å². The molecule has 202 valence electrons. The lowest BCUT2D eigenvalue weighted by Crippen LogP contribution is -2.55. The maximum absolute atomic E-state index is 13.8. The van der Waals surface area contributed by atoms with E-state index in [1.54, 1.807) is 24.3 Å². The van der Waals surface area contributed by atoms with E-state index in [2.05, 4.69) is 10.6 Å². The lowest BCUT2D eigenvalue weighted by molar-refractivity contribution is -0.138. The fraction of sp³-hybridized carbons (Fsp3) is 0.214. The zero-order valence-electron chi connectivity index (χ0n) is 20.9. The van der Waals surface area contributed by atoms with Gasteiger partial charge in [-0.2, -0.15) is 0 Å². The molecule has 9 nitrogen and oxygen atoms in total. The standard InChI is InChI=1S/C28H26F2N4O5/c1-17-5-11-22(12-6-17)31-28(39)34-14-13-33(27(38)19-3-2-4-21(30)15-19)26(34)25(37)32-23(16-24(35)36)18-7-9-20(29)10-8-18/h2-12,15,23,26H,13-14,16H2,1H3,(H,31,39)(H,32,37)(H,35,36). The average molecular weight is 537 g/mol. The molecule has 2 atom stereocenters. The van der Waals surface area contributed by atoms with E-state index in [4.69, 9.17) is 0 Å². The largest absolute Gasteiger partial charge is 0.481 e. The minimum atomic E-state index is -1.47. The number of aryl methyl sites for hydroxylation is 1. The zero-order valence-corrected chi connectivity index (χ0v) is 20.9. The van der Waals surface area contributed by atoms with E-state index in [0.29, 0.717) is 11.3 Å². The number of nitrogens with zero attached hydrogens (tertiary/aromatic N) is 2. The van der Waals surface area contributed by atoms with Gasteiger partial charge in [0.05, 0.1) is 12.5 Å². The number of carboxylic acids is 1. The number of benzene rings is 3. The van der Waals surface area contributed by atoms with Crippen LogP contribution in [0.15, 0.2) is 72.8 Å². The van der Waals surface area contributed by atoms with Crippen molar-refractivity contribution in [2.24, 2.45) is 0 Å². The Morgan fingerprint density at radius 3 is 2.23 bits per heavy atom. The van der Waals surface area contributed by atoms with Crippen LogP contribution in [-0.4, -0.2) is 58.0 Å².